The van der Waals surface area contributed by atoms with E-state index in [-0.39, 0.29) is 12.5 Å². The van der Waals surface area contributed by atoms with E-state index in [2.05, 4.69) is 17.6 Å². The van der Waals surface area contributed by atoms with Crippen molar-refractivity contribution in [3.63, 3.8) is 0 Å². The molecule has 1 aliphatic carbocycles. The van der Waals surface area contributed by atoms with Crippen molar-refractivity contribution in [3.05, 3.63) is 35.9 Å². The Morgan fingerprint density at radius 2 is 2.00 bits per heavy atom. The van der Waals surface area contributed by atoms with Crippen molar-refractivity contribution in [1.82, 2.24) is 10.6 Å². The largest absolute Gasteiger partial charge is 0.480 e. The highest BCUT2D eigenvalue weighted by Crippen LogP contribution is 2.24. The van der Waals surface area contributed by atoms with Crippen LogP contribution in [0.3, 0.4) is 0 Å². The van der Waals surface area contributed by atoms with Crippen LogP contribution < -0.4 is 10.6 Å². The number of carboxylic acid groups (broad SMARTS) is 1. The van der Waals surface area contributed by atoms with Crippen molar-refractivity contribution >= 4 is 12.0 Å². The zero-order chi connectivity index (χ0) is 15.2. The Labute approximate surface area is 124 Å². The minimum absolute atomic E-state index is 0.149. The number of carbonyl (C=O) groups excluding carboxylic acids is 1. The molecule has 1 fully saturated rings. The van der Waals surface area contributed by atoms with E-state index in [0.717, 1.165) is 24.8 Å². The molecule has 1 aromatic carbocycles. The predicted molar refractivity (Wildman–Crippen MR) is 80.0 cm³/mol. The first kappa shape index (κ1) is 15.4. The van der Waals surface area contributed by atoms with Gasteiger partial charge in [0.15, 0.2) is 0 Å². The molecule has 1 aliphatic rings. The molecule has 5 nitrogen and oxygen atoms in total. The van der Waals surface area contributed by atoms with Crippen LogP contribution in [0.5, 0.6) is 0 Å². The SMILES string of the molecule is CC1CCCC1NC(=O)N[C@@H](Cc1ccccc1)C(=O)O. The van der Waals surface area contributed by atoms with Crippen LogP contribution in [-0.2, 0) is 11.2 Å². The van der Waals surface area contributed by atoms with Crippen LogP contribution in [-0.4, -0.2) is 29.2 Å². The van der Waals surface area contributed by atoms with Crippen molar-refractivity contribution in [2.75, 3.05) is 0 Å². The van der Waals surface area contributed by atoms with Gasteiger partial charge in [-0.1, -0.05) is 43.7 Å². The van der Waals surface area contributed by atoms with Crippen molar-refractivity contribution in [2.45, 2.75) is 44.7 Å². The van der Waals surface area contributed by atoms with E-state index in [1.807, 2.05) is 30.3 Å². The summed E-state index contributed by atoms with van der Waals surface area (Å²) in [6.07, 6.45) is 3.46. The Balaban J connectivity index is 1.90. The fraction of sp³-hybridized carbons (Fsp3) is 0.500. The molecule has 3 N–H and O–H groups in total. The predicted octanol–water partition coefficient (Wildman–Crippen LogP) is 2.17. The molecule has 1 aromatic rings. The lowest BCUT2D eigenvalue weighted by Gasteiger charge is -2.20. The maximum atomic E-state index is 12.0. The molecule has 0 aliphatic heterocycles. The molecule has 114 valence electrons. The second-order valence-electron chi connectivity index (χ2n) is 5.71. The van der Waals surface area contributed by atoms with E-state index in [1.54, 1.807) is 0 Å². The first-order valence-corrected chi connectivity index (χ1v) is 7.40. The van der Waals surface area contributed by atoms with Gasteiger partial charge in [-0.2, -0.15) is 0 Å². The van der Waals surface area contributed by atoms with Gasteiger partial charge in [-0.25, -0.2) is 9.59 Å². The van der Waals surface area contributed by atoms with Gasteiger partial charge >= 0.3 is 12.0 Å². The topological polar surface area (TPSA) is 78.4 Å². The molecule has 0 radical (unpaired) electrons. The summed E-state index contributed by atoms with van der Waals surface area (Å²) in [6.45, 7) is 2.11. The van der Waals surface area contributed by atoms with E-state index in [0.29, 0.717) is 5.92 Å². The average molecular weight is 290 g/mol. The molecule has 0 spiro atoms. The van der Waals surface area contributed by atoms with Gasteiger partial charge in [0.1, 0.15) is 6.04 Å². The summed E-state index contributed by atoms with van der Waals surface area (Å²) in [7, 11) is 0. The van der Waals surface area contributed by atoms with Crippen LogP contribution in [0.2, 0.25) is 0 Å². The van der Waals surface area contributed by atoms with Crippen LogP contribution in [0.15, 0.2) is 30.3 Å². The van der Waals surface area contributed by atoms with E-state index in [4.69, 9.17) is 0 Å². The molecule has 2 amide bonds. The van der Waals surface area contributed by atoms with Crippen LogP contribution in [0.4, 0.5) is 4.79 Å². The third-order valence-corrected chi connectivity index (χ3v) is 4.06. The summed E-state index contributed by atoms with van der Waals surface area (Å²) in [5, 5.41) is 14.7. The Bertz CT molecular complexity index is 490. The molecule has 2 rings (SSSR count). The second kappa shape index (κ2) is 7.11. The highest BCUT2D eigenvalue weighted by Gasteiger charge is 2.26. The third-order valence-electron chi connectivity index (χ3n) is 4.06. The minimum Gasteiger partial charge on any atom is -0.480 e. The highest BCUT2D eigenvalue weighted by molar-refractivity contribution is 5.82. The van der Waals surface area contributed by atoms with Gasteiger partial charge in [0.2, 0.25) is 0 Å². The molecule has 1 saturated carbocycles. The molecule has 0 bridgehead atoms. The average Bonchev–Trinajstić information content (AvgIpc) is 2.84. The van der Waals surface area contributed by atoms with Crippen molar-refractivity contribution in [3.8, 4) is 0 Å². The molecule has 5 heteroatoms. The lowest BCUT2D eigenvalue weighted by molar-refractivity contribution is -0.139. The lowest BCUT2D eigenvalue weighted by Crippen LogP contribution is -2.50. The van der Waals surface area contributed by atoms with Gasteiger partial charge in [-0.05, 0) is 24.3 Å². The maximum absolute atomic E-state index is 12.0. The molecule has 2 unspecified atom stereocenters. The summed E-state index contributed by atoms with van der Waals surface area (Å²) >= 11 is 0. The summed E-state index contributed by atoms with van der Waals surface area (Å²) in [5.41, 5.74) is 0.888. The number of benzene rings is 1. The molecular formula is C16H22N2O3. The molecular weight excluding hydrogens is 268 g/mol. The number of urea groups is 1. The summed E-state index contributed by atoms with van der Waals surface area (Å²) in [5.74, 6) is -0.568. The van der Waals surface area contributed by atoms with Gasteiger partial charge in [-0.3, -0.25) is 0 Å². The lowest BCUT2D eigenvalue weighted by atomic mass is 10.1. The number of carboxylic acids is 1. The standard InChI is InChI=1S/C16H22N2O3/c1-11-6-5-9-13(11)17-16(21)18-14(15(19)20)10-12-7-3-2-4-8-12/h2-4,7-8,11,13-14H,5-6,9-10H2,1H3,(H,19,20)(H2,17,18,21)/t11?,13?,14-/m0/s1. The fourth-order valence-electron chi connectivity index (χ4n) is 2.78. The first-order chi connectivity index (χ1) is 10.1. The molecule has 0 heterocycles. The van der Waals surface area contributed by atoms with E-state index in [9.17, 15) is 14.7 Å². The number of hydrogen-bond acceptors (Lipinski definition) is 2. The first-order valence-electron chi connectivity index (χ1n) is 7.40. The zero-order valence-corrected chi connectivity index (χ0v) is 12.2. The van der Waals surface area contributed by atoms with E-state index in [1.165, 1.54) is 0 Å². The highest BCUT2D eigenvalue weighted by atomic mass is 16.4. The Hall–Kier alpha value is -2.04. The summed E-state index contributed by atoms with van der Waals surface area (Å²) in [6, 6.07) is 8.14. The number of amides is 2. The van der Waals surface area contributed by atoms with Crippen molar-refractivity contribution in [2.24, 2.45) is 5.92 Å². The second-order valence-corrected chi connectivity index (χ2v) is 5.71. The minimum atomic E-state index is -1.02. The Morgan fingerprint density at radius 3 is 2.57 bits per heavy atom. The van der Waals surface area contributed by atoms with Crippen LogP contribution >= 0.6 is 0 Å². The van der Waals surface area contributed by atoms with Gasteiger partial charge in [0, 0.05) is 12.5 Å². The summed E-state index contributed by atoms with van der Waals surface area (Å²) < 4.78 is 0. The third kappa shape index (κ3) is 4.48. The Kier molecular flexibility index (Phi) is 5.20. The zero-order valence-electron chi connectivity index (χ0n) is 12.2. The molecule has 21 heavy (non-hydrogen) atoms. The number of aliphatic carboxylic acids is 1. The van der Waals surface area contributed by atoms with E-state index >= 15 is 0 Å². The van der Waals surface area contributed by atoms with Crippen LogP contribution in [0, 0.1) is 5.92 Å². The molecule has 0 saturated heterocycles. The van der Waals surface area contributed by atoms with Crippen molar-refractivity contribution in [1.29, 1.82) is 0 Å². The number of carbonyl (C=O) groups is 2. The number of nitrogens with one attached hydrogen (secondary N) is 2. The monoisotopic (exact) mass is 290 g/mol. The van der Waals surface area contributed by atoms with Gasteiger partial charge in [-0.15, -0.1) is 0 Å². The van der Waals surface area contributed by atoms with E-state index < -0.39 is 18.0 Å². The number of hydrogen-bond donors (Lipinski definition) is 3. The molecule has 0 aromatic heterocycles. The smallest absolute Gasteiger partial charge is 0.326 e. The van der Waals surface area contributed by atoms with Crippen molar-refractivity contribution < 1.29 is 14.7 Å². The van der Waals surface area contributed by atoms with Gasteiger partial charge < -0.3 is 15.7 Å². The number of rotatable bonds is 5. The molecule has 3 atom stereocenters. The maximum Gasteiger partial charge on any atom is 0.326 e. The summed E-state index contributed by atoms with van der Waals surface area (Å²) in [4.78, 5) is 23.3. The van der Waals surface area contributed by atoms with Gasteiger partial charge in [0.05, 0.1) is 0 Å². The fourth-order valence-corrected chi connectivity index (χ4v) is 2.78. The normalized spacial score (nSPS) is 22.5. The Morgan fingerprint density at radius 1 is 1.29 bits per heavy atom. The van der Waals surface area contributed by atoms with Crippen LogP contribution in [0.25, 0.3) is 0 Å². The van der Waals surface area contributed by atoms with Crippen LogP contribution in [0.1, 0.15) is 31.7 Å². The van der Waals surface area contributed by atoms with Gasteiger partial charge in [0.25, 0.3) is 0 Å². The quantitative estimate of drug-likeness (QED) is 0.777.